The van der Waals surface area contributed by atoms with Gasteiger partial charge in [-0.25, -0.2) is 0 Å². The lowest BCUT2D eigenvalue weighted by molar-refractivity contribution is 0.270. The van der Waals surface area contributed by atoms with Crippen LogP contribution in [-0.2, 0) is 30.4 Å². The van der Waals surface area contributed by atoms with Crippen LogP contribution < -0.4 is 20.3 Å². The highest BCUT2D eigenvalue weighted by Crippen LogP contribution is 2.36. The lowest BCUT2D eigenvalue weighted by atomic mass is 10.1. The van der Waals surface area contributed by atoms with E-state index in [0.717, 1.165) is 31.8 Å². The van der Waals surface area contributed by atoms with E-state index in [1.165, 1.54) is 49.6 Å². The molecule has 0 atom stereocenters. The van der Waals surface area contributed by atoms with Crippen LogP contribution >= 0.6 is 0 Å². The largest absolute Gasteiger partial charge is 0.494 e. The van der Waals surface area contributed by atoms with Gasteiger partial charge in [0.05, 0.1) is 40.4 Å². The first-order valence-corrected chi connectivity index (χ1v) is 23.2. The normalized spacial score (nSPS) is 14.2. The minimum Gasteiger partial charge on any atom is -0.494 e. The molecule has 63 heavy (non-hydrogen) atoms. The fourth-order valence-electron chi connectivity index (χ4n) is 6.56. The zero-order valence-corrected chi connectivity index (χ0v) is 36.1. The quantitative estimate of drug-likeness (QED) is 0.0520. The highest BCUT2D eigenvalue weighted by molar-refractivity contribution is 7.86. The minimum absolute atomic E-state index is 0.106. The van der Waals surface area contributed by atoms with Gasteiger partial charge in [-0.15, -0.1) is 0 Å². The molecule has 1 aromatic heterocycles. The fourth-order valence-corrected chi connectivity index (χ4v) is 8.50. The summed E-state index contributed by atoms with van der Waals surface area (Å²) in [5.41, 5.74) is 2.52. The number of hydrogen-bond donors (Lipinski definition) is 5. The van der Waals surface area contributed by atoms with Crippen LogP contribution in [0.1, 0.15) is 12.5 Å². The van der Waals surface area contributed by atoms with Crippen molar-refractivity contribution in [3.63, 3.8) is 0 Å². The summed E-state index contributed by atoms with van der Waals surface area (Å²) in [5, 5.41) is 22.8. The van der Waals surface area contributed by atoms with Crippen LogP contribution in [0.3, 0.4) is 0 Å². The third-order valence-electron chi connectivity index (χ3n) is 9.74. The number of hydrogen-bond acceptors (Lipinski definition) is 18. The Bertz CT molecular complexity index is 3130. The number of anilines is 5. The number of aryl methyl sites for hydroxylation is 1. The molecule has 0 aliphatic carbocycles. The van der Waals surface area contributed by atoms with Gasteiger partial charge in [0, 0.05) is 48.7 Å². The summed E-state index contributed by atoms with van der Waals surface area (Å²) in [6, 6.07) is 21.3. The first-order chi connectivity index (χ1) is 29.9. The van der Waals surface area contributed by atoms with Crippen molar-refractivity contribution in [3.8, 4) is 5.75 Å². The average Bonchev–Trinajstić information content (AvgIpc) is 3.24. The third-order valence-corrected chi connectivity index (χ3v) is 12.4. The van der Waals surface area contributed by atoms with E-state index < -0.39 is 40.1 Å². The summed E-state index contributed by atoms with van der Waals surface area (Å²) in [6.45, 7) is 7.73. The van der Waals surface area contributed by atoms with E-state index in [9.17, 15) is 38.9 Å². The van der Waals surface area contributed by atoms with Crippen molar-refractivity contribution in [2.45, 2.75) is 28.5 Å². The number of benzene rings is 5. The van der Waals surface area contributed by atoms with Crippen molar-refractivity contribution in [2.75, 3.05) is 55.4 Å². The summed E-state index contributed by atoms with van der Waals surface area (Å²) in [4.78, 5) is 17.0. The monoisotopic (exact) mass is 917 g/mol. The SMILES string of the molecule is CCN1CCN(c2nc(Nc3ccc(N=Nc4cc(S(=O)(=O)O)c5cccc(S(=O)(=O)O)c5c4)c(C)c3)nc(Nc3ccc(N=Nc4cccc(S(=O)(=O)O)c4)cc3OC)n2)CC1. The standard InChI is InChI=1S/C39H39N11O10S3/c1-4-49-15-17-50(18-16-49)39-43-37(42-38(44-39)41-33-14-12-27(22-34(33)60-3)46-45-26-7-5-8-29(20-26)61(51,52)53)40-25-11-13-32(24(2)19-25)48-47-28-21-31-30(36(23-28)63(57,58)59)9-6-10-35(31)62(54,55)56/h5-14,19-23H,4,15-18H2,1-3H3,(H,51,52,53)(H,54,55,56)(H,57,58,59)(H2,40,41,42,43,44). The predicted molar refractivity (Wildman–Crippen MR) is 233 cm³/mol. The Labute approximate surface area is 361 Å². The van der Waals surface area contributed by atoms with E-state index in [-0.39, 0.29) is 38.9 Å². The van der Waals surface area contributed by atoms with Crippen molar-refractivity contribution in [2.24, 2.45) is 20.5 Å². The molecule has 0 amide bonds. The summed E-state index contributed by atoms with van der Waals surface area (Å²) < 4.78 is 107. The van der Waals surface area contributed by atoms with Crippen LogP contribution in [0.25, 0.3) is 10.8 Å². The Morgan fingerprint density at radius 1 is 0.651 bits per heavy atom. The van der Waals surface area contributed by atoms with Gasteiger partial charge in [0.2, 0.25) is 17.8 Å². The smallest absolute Gasteiger partial charge is 0.295 e. The Morgan fingerprint density at radius 3 is 1.97 bits per heavy atom. The molecule has 0 bridgehead atoms. The topological polar surface area (TPSA) is 291 Å². The number of methoxy groups -OCH3 is 1. The van der Waals surface area contributed by atoms with Gasteiger partial charge < -0.3 is 25.2 Å². The van der Waals surface area contributed by atoms with Crippen LogP contribution in [0.4, 0.5) is 52.0 Å². The van der Waals surface area contributed by atoms with Crippen molar-refractivity contribution < 1.29 is 43.6 Å². The first kappa shape index (κ1) is 44.5. The van der Waals surface area contributed by atoms with Crippen molar-refractivity contribution in [3.05, 3.63) is 96.6 Å². The molecule has 0 unspecified atom stereocenters. The van der Waals surface area contributed by atoms with Gasteiger partial charge in [-0.2, -0.15) is 60.7 Å². The number of nitrogens with one attached hydrogen (secondary N) is 2. The molecule has 0 radical (unpaired) electrons. The molecule has 1 aliphatic heterocycles. The number of fused-ring (bicyclic) bond motifs is 1. The van der Waals surface area contributed by atoms with Gasteiger partial charge >= 0.3 is 0 Å². The Morgan fingerprint density at radius 2 is 1.32 bits per heavy atom. The van der Waals surface area contributed by atoms with Crippen molar-refractivity contribution in [1.29, 1.82) is 0 Å². The molecule has 1 saturated heterocycles. The molecule has 1 fully saturated rings. The maximum Gasteiger partial charge on any atom is 0.295 e. The summed E-state index contributed by atoms with van der Waals surface area (Å²) in [5.74, 6) is 1.17. The molecule has 6 aromatic rings. The molecule has 1 aliphatic rings. The third kappa shape index (κ3) is 10.7. The number of azo groups is 2. The summed E-state index contributed by atoms with van der Waals surface area (Å²) in [7, 11) is -12.6. The fraction of sp³-hybridized carbons (Fsp3) is 0.205. The molecular weight excluding hydrogens is 879 g/mol. The zero-order valence-electron chi connectivity index (χ0n) is 33.6. The molecule has 5 N–H and O–H groups in total. The highest BCUT2D eigenvalue weighted by Gasteiger charge is 2.23. The van der Waals surface area contributed by atoms with Gasteiger partial charge in [0.1, 0.15) is 15.5 Å². The minimum atomic E-state index is -4.84. The maximum atomic E-state index is 12.3. The van der Waals surface area contributed by atoms with Crippen LogP contribution in [0, 0.1) is 6.92 Å². The number of rotatable bonds is 14. The molecule has 2 heterocycles. The Kier molecular flexibility index (Phi) is 12.8. The van der Waals surface area contributed by atoms with Crippen LogP contribution in [0.5, 0.6) is 5.75 Å². The summed E-state index contributed by atoms with van der Waals surface area (Å²) >= 11 is 0. The van der Waals surface area contributed by atoms with E-state index in [0.29, 0.717) is 53.1 Å². The molecular formula is C39H39N11O10S3. The Balaban J connectivity index is 1.16. The van der Waals surface area contributed by atoms with Crippen LogP contribution in [-0.4, -0.2) is 98.6 Å². The van der Waals surface area contributed by atoms with Gasteiger partial charge in [-0.05, 0) is 85.8 Å². The second kappa shape index (κ2) is 18.1. The van der Waals surface area contributed by atoms with Crippen molar-refractivity contribution in [1.82, 2.24) is 19.9 Å². The summed E-state index contributed by atoms with van der Waals surface area (Å²) in [6.07, 6.45) is 0. The molecule has 328 valence electrons. The van der Waals surface area contributed by atoms with E-state index in [4.69, 9.17) is 14.7 Å². The van der Waals surface area contributed by atoms with E-state index in [1.54, 1.807) is 43.3 Å². The van der Waals surface area contributed by atoms with E-state index in [1.807, 2.05) is 0 Å². The lowest BCUT2D eigenvalue weighted by Gasteiger charge is -2.34. The average molecular weight is 918 g/mol. The first-order valence-electron chi connectivity index (χ1n) is 18.9. The van der Waals surface area contributed by atoms with Crippen LogP contribution in [0.2, 0.25) is 0 Å². The van der Waals surface area contributed by atoms with Crippen LogP contribution in [0.15, 0.2) is 126 Å². The molecule has 24 heteroatoms. The number of ether oxygens (including phenoxy) is 1. The maximum absolute atomic E-state index is 12.3. The van der Waals surface area contributed by atoms with E-state index in [2.05, 4.69) is 52.8 Å². The van der Waals surface area contributed by atoms with E-state index >= 15 is 0 Å². The number of aromatic nitrogens is 3. The van der Waals surface area contributed by atoms with Gasteiger partial charge in [0.15, 0.2) is 0 Å². The second-order valence-electron chi connectivity index (χ2n) is 14.0. The van der Waals surface area contributed by atoms with Gasteiger partial charge in [-0.1, -0.05) is 25.1 Å². The lowest BCUT2D eigenvalue weighted by Crippen LogP contribution is -2.46. The number of piperazine rings is 1. The number of likely N-dealkylation sites (N-methyl/N-ethyl adjacent to an activating group) is 1. The van der Waals surface area contributed by atoms with Crippen molar-refractivity contribution >= 4 is 93.1 Å². The zero-order chi connectivity index (χ0) is 45.1. The second-order valence-corrected chi connectivity index (χ2v) is 18.2. The number of nitrogens with zero attached hydrogens (tertiary/aromatic N) is 9. The molecule has 5 aromatic carbocycles. The molecule has 0 spiro atoms. The Hall–Kier alpha value is -6.54. The van der Waals surface area contributed by atoms with Gasteiger partial charge in [-0.3, -0.25) is 13.7 Å². The predicted octanol–water partition coefficient (Wildman–Crippen LogP) is 7.54. The van der Waals surface area contributed by atoms with Gasteiger partial charge in [0.25, 0.3) is 30.4 Å². The molecule has 21 nitrogen and oxygen atoms in total. The molecule has 0 saturated carbocycles. The molecule has 7 rings (SSSR count). The highest BCUT2D eigenvalue weighted by atomic mass is 32.2.